The SMILES string of the molecule is COC(=O)c1ccc(C(=O)N2CCN(C(=O)CCC3CCCC3)CC2)cc1. The van der Waals surface area contributed by atoms with Crippen molar-refractivity contribution in [3.05, 3.63) is 35.4 Å². The molecule has 1 heterocycles. The molecule has 2 aliphatic rings. The maximum atomic E-state index is 12.6. The molecule has 1 aliphatic heterocycles. The van der Waals surface area contributed by atoms with Gasteiger partial charge in [0.2, 0.25) is 5.91 Å². The highest BCUT2D eigenvalue weighted by molar-refractivity contribution is 5.96. The summed E-state index contributed by atoms with van der Waals surface area (Å²) in [5.41, 5.74) is 0.968. The Bertz CT molecular complexity index is 672. The average molecular weight is 372 g/mol. The molecule has 0 unspecified atom stereocenters. The fourth-order valence-electron chi connectivity index (χ4n) is 3.99. The van der Waals surface area contributed by atoms with E-state index in [0.717, 1.165) is 12.3 Å². The maximum Gasteiger partial charge on any atom is 0.337 e. The predicted molar refractivity (Wildman–Crippen MR) is 101 cm³/mol. The summed E-state index contributed by atoms with van der Waals surface area (Å²) >= 11 is 0. The number of hydrogen-bond donors (Lipinski definition) is 0. The van der Waals surface area contributed by atoms with Crippen LogP contribution in [0.15, 0.2) is 24.3 Å². The van der Waals surface area contributed by atoms with Crippen LogP contribution in [-0.2, 0) is 9.53 Å². The zero-order valence-corrected chi connectivity index (χ0v) is 16.0. The molecule has 6 heteroatoms. The van der Waals surface area contributed by atoms with Gasteiger partial charge in [-0.1, -0.05) is 25.7 Å². The van der Waals surface area contributed by atoms with Crippen LogP contribution in [0.2, 0.25) is 0 Å². The van der Waals surface area contributed by atoms with E-state index in [1.807, 2.05) is 4.90 Å². The second kappa shape index (κ2) is 9.02. The predicted octanol–water partition coefficient (Wildman–Crippen LogP) is 2.73. The number of piperazine rings is 1. The van der Waals surface area contributed by atoms with Gasteiger partial charge in [0.25, 0.3) is 5.91 Å². The minimum Gasteiger partial charge on any atom is -0.465 e. The number of methoxy groups -OCH3 is 1. The van der Waals surface area contributed by atoms with Gasteiger partial charge < -0.3 is 14.5 Å². The number of carbonyl (C=O) groups excluding carboxylic acids is 3. The van der Waals surface area contributed by atoms with Crippen LogP contribution in [0.25, 0.3) is 0 Å². The van der Waals surface area contributed by atoms with Gasteiger partial charge in [0.1, 0.15) is 0 Å². The quantitative estimate of drug-likeness (QED) is 0.746. The normalized spacial score (nSPS) is 17.8. The van der Waals surface area contributed by atoms with Gasteiger partial charge in [0.05, 0.1) is 12.7 Å². The van der Waals surface area contributed by atoms with Gasteiger partial charge in [0.15, 0.2) is 0 Å². The second-order valence-electron chi connectivity index (χ2n) is 7.43. The molecule has 6 nitrogen and oxygen atoms in total. The number of amides is 2. The summed E-state index contributed by atoms with van der Waals surface area (Å²) in [6.07, 6.45) is 6.79. The smallest absolute Gasteiger partial charge is 0.337 e. The maximum absolute atomic E-state index is 12.6. The van der Waals surface area contributed by atoms with Gasteiger partial charge in [-0.3, -0.25) is 9.59 Å². The number of esters is 1. The molecule has 2 fully saturated rings. The third kappa shape index (κ3) is 4.87. The molecule has 1 saturated heterocycles. The van der Waals surface area contributed by atoms with Gasteiger partial charge >= 0.3 is 5.97 Å². The molecular formula is C21H28N2O4. The Kier molecular flexibility index (Phi) is 6.48. The molecule has 0 radical (unpaired) electrons. The molecule has 146 valence electrons. The van der Waals surface area contributed by atoms with Crippen LogP contribution in [0.4, 0.5) is 0 Å². The van der Waals surface area contributed by atoms with Crippen LogP contribution in [-0.4, -0.2) is 60.9 Å². The number of rotatable bonds is 5. The lowest BCUT2D eigenvalue weighted by Gasteiger charge is -2.35. The van der Waals surface area contributed by atoms with Crippen LogP contribution in [0, 0.1) is 5.92 Å². The van der Waals surface area contributed by atoms with Crippen molar-refractivity contribution in [3.63, 3.8) is 0 Å². The van der Waals surface area contributed by atoms with E-state index >= 15 is 0 Å². The van der Waals surface area contributed by atoms with E-state index < -0.39 is 5.97 Å². The molecule has 1 saturated carbocycles. The van der Waals surface area contributed by atoms with Crippen molar-refractivity contribution in [2.24, 2.45) is 5.92 Å². The van der Waals surface area contributed by atoms with Crippen LogP contribution < -0.4 is 0 Å². The highest BCUT2D eigenvalue weighted by atomic mass is 16.5. The molecule has 0 spiro atoms. The Morgan fingerprint density at radius 3 is 2.07 bits per heavy atom. The number of nitrogens with zero attached hydrogens (tertiary/aromatic N) is 2. The van der Waals surface area contributed by atoms with E-state index in [9.17, 15) is 14.4 Å². The van der Waals surface area contributed by atoms with Crippen molar-refractivity contribution >= 4 is 17.8 Å². The fraction of sp³-hybridized carbons (Fsp3) is 0.571. The minimum absolute atomic E-state index is 0.0653. The lowest BCUT2D eigenvalue weighted by atomic mass is 10.0. The van der Waals surface area contributed by atoms with E-state index in [0.29, 0.717) is 43.7 Å². The minimum atomic E-state index is -0.418. The van der Waals surface area contributed by atoms with E-state index in [4.69, 9.17) is 0 Å². The average Bonchev–Trinajstić information content (AvgIpc) is 3.25. The Hall–Kier alpha value is -2.37. The monoisotopic (exact) mass is 372 g/mol. The number of benzene rings is 1. The summed E-state index contributed by atoms with van der Waals surface area (Å²) in [4.78, 5) is 40.2. The first kappa shape index (κ1) is 19.4. The van der Waals surface area contributed by atoms with Crippen LogP contribution in [0.5, 0.6) is 0 Å². The number of carbonyl (C=O) groups is 3. The Morgan fingerprint density at radius 1 is 0.926 bits per heavy atom. The van der Waals surface area contributed by atoms with Gasteiger partial charge in [-0.2, -0.15) is 0 Å². The van der Waals surface area contributed by atoms with Crippen molar-refractivity contribution in [1.82, 2.24) is 9.80 Å². The molecule has 1 aromatic carbocycles. The molecule has 0 aromatic heterocycles. The molecule has 0 atom stereocenters. The van der Waals surface area contributed by atoms with Gasteiger partial charge in [-0.25, -0.2) is 4.79 Å². The van der Waals surface area contributed by atoms with Crippen LogP contribution >= 0.6 is 0 Å². The number of ether oxygens (including phenoxy) is 1. The highest BCUT2D eigenvalue weighted by Gasteiger charge is 2.25. The Balaban J connectivity index is 1.47. The van der Waals surface area contributed by atoms with Gasteiger partial charge in [0, 0.05) is 38.2 Å². The summed E-state index contributed by atoms with van der Waals surface area (Å²) in [6, 6.07) is 6.49. The van der Waals surface area contributed by atoms with E-state index in [-0.39, 0.29) is 11.8 Å². The third-order valence-corrected chi connectivity index (χ3v) is 5.71. The van der Waals surface area contributed by atoms with Crippen molar-refractivity contribution in [2.75, 3.05) is 33.3 Å². The molecule has 3 rings (SSSR count). The lowest BCUT2D eigenvalue weighted by Crippen LogP contribution is -2.50. The Morgan fingerprint density at radius 2 is 1.48 bits per heavy atom. The number of hydrogen-bond acceptors (Lipinski definition) is 4. The third-order valence-electron chi connectivity index (χ3n) is 5.71. The molecule has 2 amide bonds. The molecule has 1 aromatic rings. The van der Waals surface area contributed by atoms with E-state index in [1.54, 1.807) is 29.2 Å². The first-order chi connectivity index (χ1) is 13.1. The van der Waals surface area contributed by atoms with E-state index in [1.165, 1.54) is 32.8 Å². The standard InChI is InChI=1S/C21H28N2O4/c1-27-21(26)18-9-7-17(8-10-18)20(25)23-14-12-22(13-15-23)19(24)11-6-16-4-2-3-5-16/h7-10,16H,2-6,11-15H2,1H3. The van der Waals surface area contributed by atoms with Crippen molar-refractivity contribution in [3.8, 4) is 0 Å². The first-order valence-corrected chi connectivity index (χ1v) is 9.84. The highest BCUT2D eigenvalue weighted by Crippen LogP contribution is 2.28. The summed E-state index contributed by atoms with van der Waals surface area (Å²) in [5.74, 6) is 0.462. The molecule has 0 N–H and O–H groups in total. The second-order valence-corrected chi connectivity index (χ2v) is 7.43. The topological polar surface area (TPSA) is 66.9 Å². The van der Waals surface area contributed by atoms with Crippen LogP contribution in [0.3, 0.4) is 0 Å². The molecule has 27 heavy (non-hydrogen) atoms. The Labute approximate surface area is 160 Å². The molecule has 0 bridgehead atoms. The van der Waals surface area contributed by atoms with E-state index in [2.05, 4.69) is 4.74 Å². The summed E-state index contributed by atoms with van der Waals surface area (Å²) in [6.45, 7) is 2.28. The zero-order chi connectivity index (χ0) is 19.2. The molecule has 1 aliphatic carbocycles. The fourth-order valence-corrected chi connectivity index (χ4v) is 3.99. The van der Waals surface area contributed by atoms with Crippen molar-refractivity contribution < 1.29 is 19.1 Å². The lowest BCUT2D eigenvalue weighted by molar-refractivity contribution is -0.133. The zero-order valence-electron chi connectivity index (χ0n) is 16.0. The largest absolute Gasteiger partial charge is 0.465 e. The summed E-state index contributed by atoms with van der Waals surface area (Å²) < 4.78 is 4.67. The van der Waals surface area contributed by atoms with Crippen molar-refractivity contribution in [2.45, 2.75) is 38.5 Å². The first-order valence-electron chi connectivity index (χ1n) is 9.84. The summed E-state index contributed by atoms with van der Waals surface area (Å²) in [7, 11) is 1.33. The summed E-state index contributed by atoms with van der Waals surface area (Å²) in [5, 5.41) is 0. The van der Waals surface area contributed by atoms with Crippen molar-refractivity contribution in [1.29, 1.82) is 0 Å². The molecular weight excluding hydrogens is 344 g/mol. The van der Waals surface area contributed by atoms with Crippen LogP contribution in [0.1, 0.15) is 59.2 Å². The van der Waals surface area contributed by atoms with Gasteiger partial charge in [-0.05, 0) is 36.6 Å². The van der Waals surface area contributed by atoms with Gasteiger partial charge in [-0.15, -0.1) is 0 Å².